The third-order valence-electron chi connectivity index (χ3n) is 4.27. The van der Waals surface area contributed by atoms with Crippen LogP contribution in [0.5, 0.6) is 0 Å². The van der Waals surface area contributed by atoms with E-state index in [9.17, 15) is 4.79 Å². The van der Waals surface area contributed by atoms with Crippen LogP contribution in [0.1, 0.15) is 51.0 Å². The van der Waals surface area contributed by atoms with Crippen LogP contribution in [-0.4, -0.2) is 12.5 Å². The van der Waals surface area contributed by atoms with Crippen molar-refractivity contribution in [2.24, 2.45) is 11.7 Å². The van der Waals surface area contributed by atoms with Crippen molar-refractivity contribution in [3.05, 3.63) is 29.8 Å². The number of nitrogens with two attached hydrogens (primary N) is 1. The lowest BCUT2D eigenvalue weighted by Gasteiger charge is -2.26. The average molecular weight is 274 g/mol. The van der Waals surface area contributed by atoms with Gasteiger partial charge in [-0.2, -0.15) is 0 Å². The summed E-state index contributed by atoms with van der Waals surface area (Å²) in [6.07, 6.45) is 7.05. The molecule has 0 aromatic heterocycles. The molecular formula is C17H26N2O. The number of anilines is 1. The Morgan fingerprint density at radius 2 is 1.75 bits per heavy atom. The Morgan fingerprint density at radius 1 is 1.15 bits per heavy atom. The third-order valence-corrected chi connectivity index (χ3v) is 4.27. The van der Waals surface area contributed by atoms with Gasteiger partial charge in [-0.05, 0) is 37.5 Å². The summed E-state index contributed by atoms with van der Waals surface area (Å²) < 4.78 is 0. The zero-order valence-electron chi connectivity index (χ0n) is 12.5. The monoisotopic (exact) mass is 274 g/mol. The summed E-state index contributed by atoms with van der Waals surface area (Å²) in [7, 11) is 0. The summed E-state index contributed by atoms with van der Waals surface area (Å²) in [6.45, 7) is 3.33. The number of carbonyl (C=O) groups excluding carboxylic acids is 1. The second-order valence-electron chi connectivity index (χ2n) is 5.64. The maximum absolute atomic E-state index is 12.7. The molecule has 1 aliphatic carbocycles. The Labute approximate surface area is 122 Å². The van der Waals surface area contributed by atoms with E-state index in [2.05, 4.69) is 0 Å². The molecule has 1 fully saturated rings. The van der Waals surface area contributed by atoms with Gasteiger partial charge in [0.15, 0.2) is 0 Å². The number of benzene rings is 1. The van der Waals surface area contributed by atoms with Crippen molar-refractivity contribution >= 4 is 11.6 Å². The lowest BCUT2D eigenvalue weighted by molar-refractivity contribution is -0.122. The zero-order chi connectivity index (χ0) is 14.4. The second kappa shape index (κ2) is 7.44. The quantitative estimate of drug-likeness (QED) is 0.855. The van der Waals surface area contributed by atoms with Crippen LogP contribution < -0.4 is 10.6 Å². The predicted octanol–water partition coefficient (Wildman–Crippen LogP) is 3.47. The first kappa shape index (κ1) is 15.0. The molecule has 0 aliphatic heterocycles. The first-order chi connectivity index (χ1) is 9.76. The minimum Gasteiger partial charge on any atom is -0.326 e. The van der Waals surface area contributed by atoms with E-state index in [4.69, 9.17) is 5.73 Å². The largest absolute Gasteiger partial charge is 0.326 e. The van der Waals surface area contributed by atoms with Crippen LogP contribution in [0.15, 0.2) is 24.3 Å². The highest BCUT2D eigenvalue weighted by Crippen LogP contribution is 2.27. The summed E-state index contributed by atoms with van der Waals surface area (Å²) in [4.78, 5) is 14.7. The lowest BCUT2D eigenvalue weighted by atomic mass is 9.98. The molecule has 3 heteroatoms. The fourth-order valence-electron chi connectivity index (χ4n) is 3.02. The van der Waals surface area contributed by atoms with Gasteiger partial charge >= 0.3 is 0 Å². The molecule has 0 atom stereocenters. The van der Waals surface area contributed by atoms with Gasteiger partial charge in [-0.3, -0.25) is 4.79 Å². The van der Waals surface area contributed by atoms with Crippen molar-refractivity contribution in [2.75, 3.05) is 11.4 Å². The molecule has 0 spiro atoms. The van der Waals surface area contributed by atoms with Crippen LogP contribution in [0.3, 0.4) is 0 Å². The lowest BCUT2D eigenvalue weighted by Crippen LogP contribution is -2.36. The van der Waals surface area contributed by atoms with Gasteiger partial charge in [0.1, 0.15) is 0 Å². The summed E-state index contributed by atoms with van der Waals surface area (Å²) in [5.41, 5.74) is 7.72. The smallest absolute Gasteiger partial charge is 0.230 e. The van der Waals surface area contributed by atoms with Crippen LogP contribution in [0.2, 0.25) is 0 Å². The predicted molar refractivity (Wildman–Crippen MR) is 83.6 cm³/mol. The number of hydrogen-bond acceptors (Lipinski definition) is 2. The molecule has 2 N–H and O–H groups in total. The molecule has 1 aromatic carbocycles. The van der Waals surface area contributed by atoms with Crippen LogP contribution in [0.25, 0.3) is 0 Å². The van der Waals surface area contributed by atoms with Crippen molar-refractivity contribution < 1.29 is 4.79 Å². The summed E-state index contributed by atoms with van der Waals surface area (Å²) in [5.74, 6) is 0.515. The van der Waals surface area contributed by atoms with Gasteiger partial charge in [-0.1, -0.05) is 37.8 Å². The van der Waals surface area contributed by atoms with Gasteiger partial charge in [-0.15, -0.1) is 0 Å². The van der Waals surface area contributed by atoms with Crippen molar-refractivity contribution in [3.8, 4) is 0 Å². The van der Waals surface area contributed by atoms with E-state index in [0.717, 1.165) is 30.6 Å². The highest BCUT2D eigenvalue weighted by atomic mass is 16.2. The number of nitrogens with zero attached hydrogens (tertiary/aromatic N) is 1. The molecule has 0 radical (unpaired) electrons. The maximum Gasteiger partial charge on any atom is 0.230 e. The number of hydrogen-bond donors (Lipinski definition) is 1. The molecule has 0 heterocycles. The highest BCUT2D eigenvalue weighted by molar-refractivity contribution is 5.95. The van der Waals surface area contributed by atoms with E-state index in [1.165, 1.54) is 25.7 Å². The molecule has 110 valence electrons. The molecule has 1 saturated carbocycles. The van der Waals surface area contributed by atoms with Crippen molar-refractivity contribution in [2.45, 2.75) is 52.0 Å². The second-order valence-corrected chi connectivity index (χ2v) is 5.64. The van der Waals surface area contributed by atoms with Crippen molar-refractivity contribution in [1.82, 2.24) is 0 Å². The molecule has 1 aromatic rings. The Bertz CT molecular complexity index is 419. The average Bonchev–Trinajstić information content (AvgIpc) is 2.77. The summed E-state index contributed by atoms with van der Waals surface area (Å²) >= 11 is 0. The van der Waals surface area contributed by atoms with Crippen LogP contribution in [0.4, 0.5) is 5.69 Å². The fraction of sp³-hybridized carbons (Fsp3) is 0.588. The normalized spacial score (nSPS) is 16.7. The molecular weight excluding hydrogens is 248 g/mol. The molecule has 0 bridgehead atoms. The molecule has 20 heavy (non-hydrogen) atoms. The third kappa shape index (κ3) is 3.60. The van der Waals surface area contributed by atoms with Gasteiger partial charge < -0.3 is 10.6 Å². The van der Waals surface area contributed by atoms with E-state index in [0.29, 0.717) is 12.5 Å². The first-order valence-electron chi connectivity index (χ1n) is 7.86. The van der Waals surface area contributed by atoms with Crippen LogP contribution in [-0.2, 0) is 11.3 Å². The summed E-state index contributed by atoms with van der Waals surface area (Å²) in [6, 6.07) is 8.05. The summed E-state index contributed by atoms with van der Waals surface area (Å²) in [5, 5.41) is 0. The molecule has 1 amide bonds. The van der Waals surface area contributed by atoms with Gasteiger partial charge in [0.2, 0.25) is 5.91 Å². The van der Waals surface area contributed by atoms with Crippen molar-refractivity contribution in [1.29, 1.82) is 0 Å². The molecule has 1 aliphatic rings. The molecule has 0 unspecified atom stereocenters. The van der Waals surface area contributed by atoms with E-state index in [1.54, 1.807) is 0 Å². The Morgan fingerprint density at radius 3 is 2.25 bits per heavy atom. The zero-order valence-corrected chi connectivity index (χ0v) is 12.5. The Hall–Kier alpha value is -1.35. The van der Waals surface area contributed by atoms with Crippen LogP contribution in [0, 0.1) is 5.92 Å². The standard InChI is InChI=1S/C17H26N2O/c1-2-19(16-11-9-14(13-18)10-12-16)17(20)15-7-5-3-4-6-8-15/h9-12,15H,2-8,13,18H2,1H3. The molecule has 2 rings (SSSR count). The minimum absolute atomic E-state index is 0.214. The maximum atomic E-state index is 12.7. The Kier molecular flexibility index (Phi) is 5.60. The fourth-order valence-corrected chi connectivity index (χ4v) is 3.02. The van der Waals surface area contributed by atoms with E-state index in [1.807, 2.05) is 36.1 Å². The van der Waals surface area contributed by atoms with Gasteiger partial charge in [0, 0.05) is 24.7 Å². The minimum atomic E-state index is 0.214. The molecule has 3 nitrogen and oxygen atoms in total. The van der Waals surface area contributed by atoms with Gasteiger partial charge in [-0.25, -0.2) is 0 Å². The topological polar surface area (TPSA) is 46.3 Å². The van der Waals surface area contributed by atoms with Gasteiger partial charge in [0.25, 0.3) is 0 Å². The number of carbonyl (C=O) groups is 1. The van der Waals surface area contributed by atoms with Gasteiger partial charge in [0.05, 0.1) is 0 Å². The van der Waals surface area contributed by atoms with Crippen LogP contribution >= 0.6 is 0 Å². The number of amides is 1. The first-order valence-corrected chi connectivity index (χ1v) is 7.86. The highest BCUT2D eigenvalue weighted by Gasteiger charge is 2.25. The van der Waals surface area contributed by atoms with E-state index in [-0.39, 0.29) is 5.92 Å². The van der Waals surface area contributed by atoms with Crippen molar-refractivity contribution in [3.63, 3.8) is 0 Å². The van der Waals surface area contributed by atoms with E-state index < -0.39 is 0 Å². The molecule has 0 saturated heterocycles. The Balaban J connectivity index is 2.10. The number of rotatable bonds is 4. The van der Waals surface area contributed by atoms with E-state index >= 15 is 0 Å². The SMILES string of the molecule is CCN(C(=O)C1CCCCCC1)c1ccc(CN)cc1.